The van der Waals surface area contributed by atoms with Crippen LogP contribution in [-0.4, -0.2) is 44.8 Å². The van der Waals surface area contributed by atoms with Crippen LogP contribution in [0.25, 0.3) is 5.65 Å². The maximum absolute atomic E-state index is 9.57. The van der Waals surface area contributed by atoms with E-state index in [1.807, 2.05) is 18.2 Å². The predicted octanol–water partition coefficient (Wildman–Crippen LogP) is 3.49. The molecule has 3 aromatic rings. The quantitative estimate of drug-likeness (QED) is 0.653. The molecule has 1 saturated heterocycles. The number of hydrogen-bond donors (Lipinski definition) is 2. The molecule has 7 nitrogen and oxygen atoms in total. The minimum atomic E-state index is -0.0387. The molecule has 4 rings (SSSR count). The molecule has 2 aromatic heterocycles. The molecule has 1 aliphatic rings. The highest BCUT2D eigenvalue weighted by molar-refractivity contribution is 5.50. The van der Waals surface area contributed by atoms with E-state index in [4.69, 9.17) is 15.5 Å². The number of methoxy groups -OCH3 is 1. The second-order valence-electron chi connectivity index (χ2n) is 9.51. The molecule has 0 bridgehead atoms. The van der Waals surface area contributed by atoms with Crippen molar-refractivity contribution in [2.45, 2.75) is 58.1 Å². The summed E-state index contributed by atoms with van der Waals surface area (Å²) in [6.07, 6.45) is 2.10. The summed E-state index contributed by atoms with van der Waals surface area (Å²) in [4.78, 5) is 7.36. The molecule has 1 aromatic carbocycles. The van der Waals surface area contributed by atoms with Crippen molar-refractivity contribution in [1.82, 2.24) is 19.5 Å². The molecule has 0 unspecified atom stereocenters. The monoisotopic (exact) mass is 423 g/mol. The Morgan fingerprint density at radius 3 is 2.55 bits per heavy atom. The highest BCUT2D eigenvalue weighted by atomic mass is 16.5. The summed E-state index contributed by atoms with van der Waals surface area (Å²) in [5.41, 5.74) is 11.2. The summed E-state index contributed by atoms with van der Waals surface area (Å²) in [6.45, 7) is 9.31. The van der Waals surface area contributed by atoms with Gasteiger partial charge in [0.25, 0.3) is 0 Å². The lowest BCUT2D eigenvalue weighted by Crippen LogP contribution is -2.32. The van der Waals surface area contributed by atoms with E-state index < -0.39 is 0 Å². The molecule has 0 aliphatic carbocycles. The number of nitrogens with zero attached hydrogens (tertiary/aromatic N) is 4. The van der Waals surface area contributed by atoms with Crippen molar-refractivity contribution in [1.29, 1.82) is 0 Å². The van der Waals surface area contributed by atoms with Gasteiger partial charge in [0.2, 0.25) is 0 Å². The van der Waals surface area contributed by atoms with Crippen LogP contribution in [-0.2, 0) is 18.6 Å². The number of likely N-dealkylation sites (tertiary alicyclic amines) is 1. The molecule has 166 valence electrons. The van der Waals surface area contributed by atoms with Crippen LogP contribution in [0.2, 0.25) is 0 Å². The van der Waals surface area contributed by atoms with Gasteiger partial charge in [0.15, 0.2) is 5.65 Å². The third kappa shape index (κ3) is 4.52. The molecule has 0 radical (unpaired) electrons. The van der Waals surface area contributed by atoms with Gasteiger partial charge in [-0.15, -0.1) is 0 Å². The number of anilines is 1. The molecular weight excluding hydrogens is 390 g/mol. The number of hydrogen-bond acceptors (Lipinski definition) is 6. The number of ether oxygens (including phenoxy) is 1. The van der Waals surface area contributed by atoms with Crippen molar-refractivity contribution in [3.8, 4) is 5.75 Å². The zero-order valence-electron chi connectivity index (χ0n) is 18.9. The number of rotatable bonds is 5. The molecule has 0 spiro atoms. The van der Waals surface area contributed by atoms with Gasteiger partial charge < -0.3 is 15.6 Å². The molecule has 1 fully saturated rings. The van der Waals surface area contributed by atoms with E-state index in [0.717, 1.165) is 60.8 Å². The Labute approximate surface area is 183 Å². The fourth-order valence-electron chi connectivity index (χ4n) is 4.29. The van der Waals surface area contributed by atoms with Crippen molar-refractivity contribution in [3.05, 3.63) is 52.8 Å². The van der Waals surface area contributed by atoms with Crippen LogP contribution in [0.4, 0.5) is 5.82 Å². The third-order valence-electron chi connectivity index (χ3n) is 6.17. The van der Waals surface area contributed by atoms with E-state index in [0.29, 0.717) is 11.7 Å². The van der Waals surface area contributed by atoms with E-state index in [-0.39, 0.29) is 12.0 Å². The van der Waals surface area contributed by atoms with E-state index >= 15 is 0 Å². The Kier molecular flexibility index (Phi) is 5.90. The summed E-state index contributed by atoms with van der Waals surface area (Å²) >= 11 is 0. The Hall–Kier alpha value is -2.64. The Morgan fingerprint density at radius 1 is 1.16 bits per heavy atom. The standard InChI is InChI=1S/C24H33N5O2/c1-24(2,3)21-13-23-26-19(12-22(25)29(23)27-21)17-7-9-28(10-8-17)14-16-5-6-20(31-4)18(11-16)15-30/h5-6,11-13,17,30H,7-10,14-15,25H2,1-4H3. The SMILES string of the molecule is COc1ccc(CN2CCC(c3cc(N)n4nc(C(C)(C)C)cc4n3)CC2)cc1CO. The maximum atomic E-state index is 9.57. The molecule has 3 heterocycles. The van der Waals surface area contributed by atoms with Crippen molar-refractivity contribution in [2.24, 2.45) is 0 Å². The predicted molar refractivity (Wildman–Crippen MR) is 122 cm³/mol. The van der Waals surface area contributed by atoms with Gasteiger partial charge in [-0.3, -0.25) is 4.90 Å². The first-order valence-electron chi connectivity index (χ1n) is 10.9. The van der Waals surface area contributed by atoms with Gasteiger partial charge in [-0.1, -0.05) is 26.8 Å². The zero-order chi connectivity index (χ0) is 22.2. The van der Waals surface area contributed by atoms with Gasteiger partial charge in [-0.25, -0.2) is 4.98 Å². The van der Waals surface area contributed by atoms with Gasteiger partial charge in [0.05, 0.1) is 19.4 Å². The minimum Gasteiger partial charge on any atom is -0.496 e. The first-order chi connectivity index (χ1) is 14.8. The van der Waals surface area contributed by atoms with Crippen LogP contribution >= 0.6 is 0 Å². The van der Waals surface area contributed by atoms with Gasteiger partial charge in [0, 0.05) is 41.3 Å². The van der Waals surface area contributed by atoms with Crippen molar-refractivity contribution >= 4 is 11.5 Å². The smallest absolute Gasteiger partial charge is 0.157 e. The lowest BCUT2D eigenvalue weighted by Gasteiger charge is -2.32. The molecular formula is C24H33N5O2. The van der Waals surface area contributed by atoms with E-state index in [2.05, 4.69) is 42.9 Å². The Balaban J connectivity index is 1.44. The van der Waals surface area contributed by atoms with Gasteiger partial charge in [0.1, 0.15) is 11.6 Å². The largest absolute Gasteiger partial charge is 0.496 e. The van der Waals surface area contributed by atoms with Gasteiger partial charge in [-0.2, -0.15) is 9.61 Å². The summed E-state index contributed by atoms with van der Waals surface area (Å²) < 4.78 is 7.06. The average molecular weight is 424 g/mol. The second-order valence-corrected chi connectivity index (χ2v) is 9.51. The highest BCUT2D eigenvalue weighted by Crippen LogP contribution is 2.30. The molecule has 0 saturated carbocycles. The van der Waals surface area contributed by atoms with Crippen LogP contribution in [0.3, 0.4) is 0 Å². The van der Waals surface area contributed by atoms with E-state index in [1.165, 1.54) is 5.56 Å². The van der Waals surface area contributed by atoms with Crippen LogP contribution in [0.1, 0.15) is 62.0 Å². The summed E-state index contributed by atoms with van der Waals surface area (Å²) in [5, 5.41) is 14.2. The second kappa shape index (κ2) is 8.48. The molecule has 3 N–H and O–H groups in total. The minimum absolute atomic E-state index is 0.0137. The topological polar surface area (TPSA) is 88.9 Å². The number of fused-ring (bicyclic) bond motifs is 1. The molecule has 0 atom stereocenters. The molecule has 7 heteroatoms. The Bertz CT molecular complexity index is 1060. The average Bonchev–Trinajstić information content (AvgIpc) is 3.20. The van der Waals surface area contributed by atoms with E-state index in [1.54, 1.807) is 11.6 Å². The Morgan fingerprint density at radius 2 is 1.90 bits per heavy atom. The molecule has 1 aliphatic heterocycles. The van der Waals surface area contributed by atoms with Crippen LogP contribution in [0.15, 0.2) is 30.3 Å². The normalized spacial score (nSPS) is 16.2. The van der Waals surface area contributed by atoms with Crippen LogP contribution < -0.4 is 10.5 Å². The number of aromatic nitrogens is 3. The van der Waals surface area contributed by atoms with Crippen LogP contribution in [0, 0.1) is 0 Å². The van der Waals surface area contributed by atoms with Gasteiger partial charge >= 0.3 is 0 Å². The summed E-state index contributed by atoms with van der Waals surface area (Å²) in [7, 11) is 1.63. The number of piperidine rings is 1. The van der Waals surface area contributed by atoms with Crippen molar-refractivity contribution in [2.75, 3.05) is 25.9 Å². The number of benzene rings is 1. The van der Waals surface area contributed by atoms with E-state index in [9.17, 15) is 5.11 Å². The third-order valence-corrected chi connectivity index (χ3v) is 6.17. The van der Waals surface area contributed by atoms with Crippen LogP contribution in [0.5, 0.6) is 5.75 Å². The number of aliphatic hydroxyl groups excluding tert-OH is 1. The number of aliphatic hydroxyl groups is 1. The molecule has 31 heavy (non-hydrogen) atoms. The first-order valence-corrected chi connectivity index (χ1v) is 10.9. The first kappa shape index (κ1) is 21.6. The summed E-state index contributed by atoms with van der Waals surface area (Å²) in [6, 6.07) is 10.1. The van der Waals surface area contributed by atoms with Gasteiger partial charge in [-0.05, 0) is 43.6 Å². The zero-order valence-corrected chi connectivity index (χ0v) is 18.9. The lowest BCUT2D eigenvalue weighted by molar-refractivity contribution is 0.203. The highest BCUT2D eigenvalue weighted by Gasteiger charge is 2.24. The van der Waals surface area contributed by atoms with Crippen molar-refractivity contribution < 1.29 is 9.84 Å². The van der Waals surface area contributed by atoms with Crippen molar-refractivity contribution in [3.63, 3.8) is 0 Å². The fourth-order valence-corrected chi connectivity index (χ4v) is 4.29. The number of nitrogens with two attached hydrogens (primary N) is 1. The molecule has 0 amide bonds. The maximum Gasteiger partial charge on any atom is 0.157 e. The lowest BCUT2D eigenvalue weighted by atomic mass is 9.92. The summed E-state index contributed by atoms with van der Waals surface area (Å²) in [5.74, 6) is 1.78. The number of nitrogen functional groups attached to an aromatic ring is 1. The fraction of sp³-hybridized carbons (Fsp3) is 0.500.